The number of anilines is 1. The summed E-state index contributed by atoms with van der Waals surface area (Å²) in [5.41, 5.74) is 3.60. The van der Waals surface area contributed by atoms with Crippen LogP contribution in [0.4, 0.5) is 5.95 Å². The van der Waals surface area contributed by atoms with Gasteiger partial charge >= 0.3 is 0 Å². The van der Waals surface area contributed by atoms with E-state index in [1.165, 1.54) is 0 Å². The molecule has 1 aliphatic heterocycles. The minimum atomic E-state index is 0.0695. The molecule has 4 aromatic rings. The molecule has 1 atom stereocenters. The molecule has 2 aromatic heterocycles. The second-order valence-corrected chi connectivity index (χ2v) is 9.03. The maximum atomic E-state index is 13.2. The number of benzene rings is 2. The number of nitrogens with zero attached hydrogens (tertiary/aromatic N) is 6. The molecule has 1 amide bonds. The molecule has 7 nitrogen and oxygen atoms in total. The third kappa shape index (κ3) is 3.03. The molecule has 0 radical (unpaired) electrons. The van der Waals surface area contributed by atoms with E-state index in [4.69, 9.17) is 4.98 Å². The van der Waals surface area contributed by atoms with Crippen molar-refractivity contribution in [3.63, 3.8) is 0 Å². The third-order valence-electron chi connectivity index (χ3n) is 6.74. The summed E-state index contributed by atoms with van der Waals surface area (Å²) in [6.07, 6.45) is 2.31. The average molecular weight is 427 g/mol. The van der Waals surface area contributed by atoms with Gasteiger partial charge in [0.05, 0.1) is 5.52 Å². The first-order valence-electron chi connectivity index (χ1n) is 11.4. The number of rotatable bonds is 3. The van der Waals surface area contributed by atoms with Crippen molar-refractivity contribution in [2.75, 3.05) is 24.5 Å². The predicted molar refractivity (Wildman–Crippen MR) is 124 cm³/mol. The van der Waals surface area contributed by atoms with Crippen molar-refractivity contribution >= 4 is 28.4 Å². The molecule has 162 valence electrons. The topological polar surface area (TPSA) is 66.6 Å². The van der Waals surface area contributed by atoms with Crippen LogP contribution in [0.15, 0.2) is 48.5 Å². The lowest BCUT2D eigenvalue weighted by Crippen LogP contribution is -2.54. The first-order valence-corrected chi connectivity index (χ1v) is 11.4. The quantitative estimate of drug-likeness (QED) is 0.498. The van der Waals surface area contributed by atoms with Crippen molar-refractivity contribution < 1.29 is 4.79 Å². The molecule has 2 aromatic carbocycles. The summed E-state index contributed by atoms with van der Waals surface area (Å²) in [4.78, 5) is 22.6. The van der Waals surface area contributed by atoms with Gasteiger partial charge in [0.1, 0.15) is 5.82 Å². The summed E-state index contributed by atoms with van der Waals surface area (Å²) >= 11 is 0. The number of fused-ring (bicyclic) bond motifs is 3. The largest absolute Gasteiger partial charge is 0.338 e. The molecule has 0 spiro atoms. The highest BCUT2D eigenvalue weighted by atomic mass is 16.2. The van der Waals surface area contributed by atoms with Gasteiger partial charge in [0.2, 0.25) is 5.95 Å². The highest BCUT2D eigenvalue weighted by molar-refractivity contribution is 5.96. The van der Waals surface area contributed by atoms with E-state index in [0.29, 0.717) is 12.5 Å². The summed E-state index contributed by atoms with van der Waals surface area (Å²) in [6, 6.07) is 16.0. The lowest BCUT2D eigenvalue weighted by Gasteiger charge is -2.40. The molecule has 0 unspecified atom stereocenters. The molecule has 1 saturated carbocycles. The van der Waals surface area contributed by atoms with E-state index in [0.717, 1.165) is 65.4 Å². The van der Waals surface area contributed by atoms with E-state index < -0.39 is 0 Å². The molecule has 0 N–H and O–H groups in total. The van der Waals surface area contributed by atoms with Gasteiger partial charge in [-0.05, 0) is 50.5 Å². The molecule has 6 rings (SSSR count). The summed E-state index contributed by atoms with van der Waals surface area (Å²) in [7, 11) is 0. The van der Waals surface area contributed by atoms with Crippen LogP contribution in [-0.4, -0.2) is 56.1 Å². The van der Waals surface area contributed by atoms with Gasteiger partial charge < -0.3 is 9.80 Å². The molecular weight excluding hydrogens is 400 g/mol. The molecule has 1 saturated heterocycles. The van der Waals surface area contributed by atoms with Gasteiger partial charge in [-0.2, -0.15) is 0 Å². The predicted octanol–water partition coefficient (Wildman–Crippen LogP) is 3.81. The van der Waals surface area contributed by atoms with Crippen LogP contribution in [0.5, 0.6) is 0 Å². The fraction of sp³-hybridized carbons (Fsp3) is 0.360. The van der Waals surface area contributed by atoms with Crippen molar-refractivity contribution in [3.05, 3.63) is 65.5 Å². The van der Waals surface area contributed by atoms with Gasteiger partial charge in [0, 0.05) is 42.5 Å². The first-order chi connectivity index (χ1) is 15.6. The van der Waals surface area contributed by atoms with Crippen LogP contribution in [0, 0.1) is 6.92 Å². The number of hydrogen-bond donors (Lipinski definition) is 0. The Kier molecular flexibility index (Phi) is 4.38. The Bertz CT molecular complexity index is 1340. The molecule has 0 bridgehead atoms. The van der Waals surface area contributed by atoms with Gasteiger partial charge in [-0.15, -0.1) is 10.2 Å². The second-order valence-electron chi connectivity index (χ2n) is 9.03. The fourth-order valence-corrected chi connectivity index (χ4v) is 4.81. The maximum absolute atomic E-state index is 13.2. The SMILES string of the molecule is Cc1ccccc1C(=O)N1CCN(c2nc3ccccc3c3nnc(C4CC4)n23)C[C@H]1C. The molecule has 2 aliphatic rings. The lowest BCUT2D eigenvalue weighted by atomic mass is 10.1. The maximum Gasteiger partial charge on any atom is 0.254 e. The number of carbonyl (C=O) groups excluding carboxylic acids is 1. The molecule has 7 heteroatoms. The van der Waals surface area contributed by atoms with E-state index in [1.54, 1.807) is 0 Å². The Hall–Kier alpha value is -3.48. The second kappa shape index (κ2) is 7.29. The molecular formula is C25H26N6O. The monoisotopic (exact) mass is 426 g/mol. The molecule has 1 aliphatic carbocycles. The third-order valence-corrected chi connectivity index (χ3v) is 6.74. The first kappa shape index (κ1) is 19.2. The van der Waals surface area contributed by atoms with Crippen molar-refractivity contribution in [2.24, 2.45) is 0 Å². The number of hydrogen-bond acceptors (Lipinski definition) is 5. The van der Waals surface area contributed by atoms with E-state index in [9.17, 15) is 4.79 Å². The Morgan fingerprint density at radius 3 is 2.56 bits per heavy atom. The normalized spacial score (nSPS) is 19.1. The summed E-state index contributed by atoms with van der Waals surface area (Å²) in [5.74, 6) is 2.47. The Morgan fingerprint density at radius 1 is 1.00 bits per heavy atom. The van der Waals surface area contributed by atoms with Gasteiger partial charge in [0.15, 0.2) is 5.65 Å². The van der Waals surface area contributed by atoms with Gasteiger partial charge in [-0.25, -0.2) is 9.38 Å². The summed E-state index contributed by atoms with van der Waals surface area (Å²) in [6.45, 7) is 6.22. The fourth-order valence-electron chi connectivity index (χ4n) is 4.81. The van der Waals surface area contributed by atoms with E-state index >= 15 is 0 Å². The van der Waals surface area contributed by atoms with Crippen molar-refractivity contribution in [1.29, 1.82) is 0 Å². The zero-order chi connectivity index (χ0) is 21.8. The number of amides is 1. The van der Waals surface area contributed by atoms with Crippen LogP contribution in [0.3, 0.4) is 0 Å². The lowest BCUT2D eigenvalue weighted by molar-refractivity contribution is 0.0672. The van der Waals surface area contributed by atoms with E-state index in [-0.39, 0.29) is 11.9 Å². The number of carbonyl (C=O) groups is 1. The number of aromatic nitrogens is 4. The summed E-state index contributed by atoms with van der Waals surface area (Å²) in [5, 5.41) is 10.1. The standard InChI is InChI=1S/C25H26N6O/c1-16-7-3-4-8-19(16)24(32)30-14-13-29(15-17(30)2)25-26-21-10-6-5-9-20(21)23-28-27-22(31(23)25)18-11-12-18/h3-10,17-18H,11-15H2,1-2H3/t17-/m1/s1. The minimum Gasteiger partial charge on any atom is -0.338 e. The Labute approximate surface area is 186 Å². The van der Waals surface area contributed by atoms with Crippen LogP contribution < -0.4 is 4.90 Å². The Morgan fingerprint density at radius 2 is 1.78 bits per heavy atom. The van der Waals surface area contributed by atoms with Gasteiger partial charge in [-0.1, -0.05) is 30.3 Å². The van der Waals surface area contributed by atoms with Crippen LogP contribution >= 0.6 is 0 Å². The van der Waals surface area contributed by atoms with E-state index in [2.05, 4.69) is 32.5 Å². The van der Waals surface area contributed by atoms with E-state index in [1.807, 2.05) is 54.3 Å². The van der Waals surface area contributed by atoms with Crippen LogP contribution in [-0.2, 0) is 0 Å². The van der Waals surface area contributed by atoms with Crippen LogP contribution in [0.2, 0.25) is 0 Å². The summed E-state index contributed by atoms with van der Waals surface area (Å²) < 4.78 is 2.16. The zero-order valence-electron chi connectivity index (χ0n) is 18.4. The van der Waals surface area contributed by atoms with Crippen molar-refractivity contribution in [2.45, 2.75) is 38.6 Å². The minimum absolute atomic E-state index is 0.0695. The number of piperazine rings is 1. The van der Waals surface area contributed by atoms with Crippen molar-refractivity contribution in [1.82, 2.24) is 24.5 Å². The Balaban J connectivity index is 1.37. The zero-order valence-corrected chi connectivity index (χ0v) is 18.4. The molecule has 32 heavy (non-hydrogen) atoms. The molecule has 3 heterocycles. The van der Waals surface area contributed by atoms with Crippen molar-refractivity contribution in [3.8, 4) is 0 Å². The van der Waals surface area contributed by atoms with Gasteiger partial charge in [0.25, 0.3) is 5.91 Å². The van der Waals surface area contributed by atoms with Crippen LogP contribution in [0.1, 0.15) is 47.4 Å². The highest BCUT2D eigenvalue weighted by Gasteiger charge is 2.34. The number of para-hydroxylation sites is 1. The smallest absolute Gasteiger partial charge is 0.254 e. The van der Waals surface area contributed by atoms with Crippen LogP contribution in [0.25, 0.3) is 16.6 Å². The average Bonchev–Trinajstić information content (AvgIpc) is 3.56. The molecule has 2 fully saturated rings. The highest BCUT2D eigenvalue weighted by Crippen LogP contribution is 2.40. The van der Waals surface area contributed by atoms with Gasteiger partial charge in [-0.3, -0.25) is 4.79 Å². The number of aryl methyl sites for hydroxylation is 1.